The predicted octanol–water partition coefficient (Wildman–Crippen LogP) is 3.72. The van der Waals surface area contributed by atoms with Crippen molar-refractivity contribution in [3.05, 3.63) is 0 Å². The zero-order valence-electron chi connectivity index (χ0n) is 19.7. The molecule has 0 spiro atoms. The van der Waals surface area contributed by atoms with Crippen molar-refractivity contribution in [3.63, 3.8) is 0 Å². The Kier molecular flexibility index (Phi) is 24.4. The molecule has 0 aliphatic carbocycles. The molecule has 0 saturated heterocycles. The van der Waals surface area contributed by atoms with Gasteiger partial charge in [-0.15, -0.1) is 0 Å². The molecule has 4 nitrogen and oxygen atoms in total. The zero-order valence-corrected chi connectivity index (χ0v) is 22.5. The van der Waals surface area contributed by atoms with E-state index in [9.17, 15) is 18.1 Å². The molecular weight excluding hydrogens is 395 g/mol. The molecule has 6 heteroatoms. The minimum Gasteiger partial charge on any atom is -0.748 e. The van der Waals surface area contributed by atoms with Crippen molar-refractivity contribution < 1.29 is 47.6 Å². The summed E-state index contributed by atoms with van der Waals surface area (Å²) in [5, 5.41) is 8.77. The number of hydrogen-bond acceptors (Lipinski definition) is 4. The Bertz CT molecular complexity index is 429. The van der Waals surface area contributed by atoms with Gasteiger partial charge >= 0.3 is 29.6 Å². The van der Waals surface area contributed by atoms with Crippen molar-refractivity contribution in [1.29, 1.82) is 0 Å². The molecule has 0 saturated carbocycles. The summed E-state index contributed by atoms with van der Waals surface area (Å²) < 4.78 is 34.0. The van der Waals surface area contributed by atoms with Crippen LogP contribution < -0.4 is 29.6 Å². The van der Waals surface area contributed by atoms with E-state index in [4.69, 9.17) is 0 Å². The normalized spacial score (nSPS) is 13.8. The summed E-state index contributed by atoms with van der Waals surface area (Å²) in [6.45, 7) is 4.14. The molecule has 29 heavy (non-hydrogen) atoms. The summed E-state index contributed by atoms with van der Waals surface area (Å²) in [7, 11) is -4.41. The SMILES string of the molecule is CCCCCCCCCCCCCCCCCCC(C(O)CCC)S(=O)(=O)[O-].[Na+]. The van der Waals surface area contributed by atoms with Crippen LogP contribution in [0.5, 0.6) is 0 Å². The predicted molar refractivity (Wildman–Crippen MR) is 119 cm³/mol. The quantitative estimate of drug-likeness (QED) is 0.167. The fraction of sp³-hybridized carbons (Fsp3) is 1.00. The summed E-state index contributed by atoms with van der Waals surface area (Å²) in [5.41, 5.74) is 0. The van der Waals surface area contributed by atoms with Crippen LogP contribution in [0.2, 0.25) is 0 Å². The smallest absolute Gasteiger partial charge is 0.748 e. The molecule has 0 rings (SSSR count). The third-order valence-electron chi connectivity index (χ3n) is 5.73. The van der Waals surface area contributed by atoms with E-state index in [1.165, 1.54) is 83.5 Å². The van der Waals surface area contributed by atoms with Gasteiger partial charge in [0.1, 0.15) is 10.1 Å². The monoisotopic (exact) mass is 442 g/mol. The third kappa shape index (κ3) is 20.5. The molecule has 2 unspecified atom stereocenters. The molecule has 0 aromatic rings. The van der Waals surface area contributed by atoms with E-state index >= 15 is 0 Å². The second-order valence-corrected chi connectivity index (χ2v) is 10.1. The van der Waals surface area contributed by atoms with E-state index in [1.807, 2.05) is 6.92 Å². The number of hydrogen-bond donors (Lipinski definition) is 1. The molecule has 0 bridgehead atoms. The zero-order chi connectivity index (χ0) is 21.1. The van der Waals surface area contributed by atoms with E-state index < -0.39 is 21.5 Å². The molecule has 170 valence electrons. The fourth-order valence-corrected chi connectivity index (χ4v) is 4.88. The van der Waals surface area contributed by atoms with Gasteiger partial charge in [-0.25, -0.2) is 8.42 Å². The van der Waals surface area contributed by atoms with Gasteiger partial charge in [-0.3, -0.25) is 0 Å². The minimum absolute atomic E-state index is 0. The van der Waals surface area contributed by atoms with Gasteiger partial charge in [-0.1, -0.05) is 123 Å². The van der Waals surface area contributed by atoms with Gasteiger partial charge in [0.15, 0.2) is 0 Å². The summed E-state index contributed by atoms with van der Waals surface area (Å²) in [6, 6.07) is 0. The Morgan fingerprint density at radius 3 is 1.28 bits per heavy atom. The molecule has 2 atom stereocenters. The molecule has 0 aromatic heterocycles. The molecule has 1 N–H and O–H groups in total. The molecular formula is C23H47NaO4S. The summed E-state index contributed by atoms with van der Waals surface area (Å²) in [4.78, 5) is 0. The molecule has 0 amide bonds. The largest absolute Gasteiger partial charge is 1.00 e. The summed E-state index contributed by atoms with van der Waals surface area (Å²) >= 11 is 0. The fourth-order valence-electron chi connectivity index (χ4n) is 3.90. The van der Waals surface area contributed by atoms with E-state index in [2.05, 4.69) is 6.92 Å². The molecule has 0 radical (unpaired) electrons. The van der Waals surface area contributed by atoms with Crippen molar-refractivity contribution >= 4 is 10.1 Å². The molecule has 0 fully saturated rings. The first-order valence-corrected chi connectivity index (χ1v) is 13.5. The van der Waals surface area contributed by atoms with Gasteiger partial charge in [0, 0.05) is 0 Å². The maximum absolute atomic E-state index is 11.3. The number of aliphatic hydroxyl groups excluding tert-OH is 1. The van der Waals surface area contributed by atoms with Crippen LogP contribution in [0.3, 0.4) is 0 Å². The van der Waals surface area contributed by atoms with Crippen LogP contribution in [-0.4, -0.2) is 29.4 Å². The van der Waals surface area contributed by atoms with Crippen LogP contribution in [-0.2, 0) is 10.1 Å². The van der Waals surface area contributed by atoms with Gasteiger partial charge in [0.05, 0.1) is 11.4 Å². The summed E-state index contributed by atoms with van der Waals surface area (Å²) in [6.07, 6.45) is 20.6. The average Bonchev–Trinajstić information content (AvgIpc) is 2.63. The maximum atomic E-state index is 11.3. The van der Waals surface area contributed by atoms with Gasteiger partial charge in [-0.2, -0.15) is 0 Å². The van der Waals surface area contributed by atoms with Crippen molar-refractivity contribution in [2.45, 2.75) is 147 Å². The first-order valence-electron chi connectivity index (χ1n) is 12.1. The Morgan fingerprint density at radius 2 is 0.966 bits per heavy atom. The first-order chi connectivity index (χ1) is 13.4. The Morgan fingerprint density at radius 1 is 0.621 bits per heavy atom. The second kappa shape index (κ2) is 22.1. The van der Waals surface area contributed by atoms with E-state index in [0.717, 1.165) is 12.8 Å². The Labute approximate surface area is 204 Å². The van der Waals surface area contributed by atoms with Crippen molar-refractivity contribution in [3.8, 4) is 0 Å². The molecule has 0 aromatic carbocycles. The van der Waals surface area contributed by atoms with Crippen LogP contribution in [0.15, 0.2) is 0 Å². The van der Waals surface area contributed by atoms with Gasteiger partial charge in [-0.05, 0) is 12.8 Å². The van der Waals surface area contributed by atoms with E-state index in [-0.39, 0.29) is 29.6 Å². The minimum atomic E-state index is -4.41. The van der Waals surface area contributed by atoms with Crippen LogP contribution in [0.4, 0.5) is 0 Å². The van der Waals surface area contributed by atoms with Gasteiger partial charge in [0.2, 0.25) is 0 Å². The first kappa shape index (κ1) is 32.1. The number of aliphatic hydroxyl groups is 1. The molecule has 0 heterocycles. The van der Waals surface area contributed by atoms with Gasteiger partial charge < -0.3 is 9.66 Å². The topological polar surface area (TPSA) is 77.4 Å². The third-order valence-corrected chi connectivity index (χ3v) is 7.02. The Balaban J connectivity index is 0. The van der Waals surface area contributed by atoms with Crippen molar-refractivity contribution in [1.82, 2.24) is 0 Å². The van der Waals surface area contributed by atoms with E-state index in [1.54, 1.807) is 0 Å². The maximum Gasteiger partial charge on any atom is 1.00 e. The second-order valence-electron chi connectivity index (χ2n) is 8.48. The van der Waals surface area contributed by atoms with Crippen LogP contribution in [0.25, 0.3) is 0 Å². The summed E-state index contributed by atoms with van der Waals surface area (Å²) in [5.74, 6) is 0. The molecule has 0 aliphatic heterocycles. The van der Waals surface area contributed by atoms with Gasteiger partial charge in [0.25, 0.3) is 0 Å². The van der Waals surface area contributed by atoms with Crippen molar-refractivity contribution in [2.75, 3.05) is 0 Å². The average molecular weight is 443 g/mol. The van der Waals surface area contributed by atoms with Crippen LogP contribution >= 0.6 is 0 Å². The van der Waals surface area contributed by atoms with Crippen LogP contribution in [0.1, 0.15) is 136 Å². The van der Waals surface area contributed by atoms with Crippen LogP contribution in [0, 0.1) is 0 Å². The Hall–Kier alpha value is 0.870. The van der Waals surface area contributed by atoms with E-state index in [0.29, 0.717) is 25.7 Å². The molecule has 0 aliphatic rings. The number of unbranched alkanes of at least 4 members (excludes halogenated alkanes) is 15. The number of rotatable bonds is 21. The van der Waals surface area contributed by atoms with Crippen molar-refractivity contribution in [2.24, 2.45) is 0 Å². The standard InChI is InChI=1S/C23H48O4S.Na/c1-3-5-6-7-8-9-10-11-12-13-14-15-16-17-18-19-21-23(28(25,26)27)22(24)20-4-2;/h22-24H,3-21H2,1-2H3,(H,25,26,27);/q;+1/p-1.